The van der Waals surface area contributed by atoms with Gasteiger partial charge in [0.2, 0.25) is 0 Å². The zero-order valence-electron chi connectivity index (χ0n) is 10.0. The number of rotatable bonds is 8. The molecule has 0 amide bonds. The van der Waals surface area contributed by atoms with Crippen LogP contribution in [0.2, 0.25) is 0 Å². The van der Waals surface area contributed by atoms with Gasteiger partial charge in [-0.25, -0.2) is 0 Å². The molecule has 0 heterocycles. The lowest BCUT2D eigenvalue weighted by Crippen LogP contribution is -2.41. The average Bonchev–Trinajstić information content (AvgIpc) is 2.09. The maximum atomic E-state index is 11.8. The van der Waals surface area contributed by atoms with Crippen molar-refractivity contribution in [1.82, 2.24) is 10.2 Å². The number of hydrogen-bond donors (Lipinski definition) is 1. The van der Waals surface area contributed by atoms with E-state index in [9.17, 15) is 4.39 Å². The van der Waals surface area contributed by atoms with Crippen LogP contribution in [-0.4, -0.2) is 43.3 Å². The number of hydrogen-bond acceptors (Lipinski definition) is 2. The molecule has 0 fully saturated rings. The third-order valence-corrected chi connectivity index (χ3v) is 2.36. The first-order chi connectivity index (χ1) is 6.59. The van der Waals surface area contributed by atoms with Gasteiger partial charge in [0.1, 0.15) is 0 Å². The van der Waals surface area contributed by atoms with E-state index in [-0.39, 0.29) is 6.67 Å². The van der Waals surface area contributed by atoms with Crippen LogP contribution in [0.4, 0.5) is 4.39 Å². The van der Waals surface area contributed by atoms with Crippen LogP contribution in [0.25, 0.3) is 0 Å². The Bertz CT molecular complexity index is 118. The summed E-state index contributed by atoms with van der Waals surface area (Å²) in [7, 11) is 0. The highest BCUT2D eigenvalue weighted by atomic mass is 19.1. The van der Waals surface area contributed by atoms with Crippen LogP contribution < -0.4 is 5.32 Å². The number of nitrogens with zero attached hydrogens (tertiary/aromatic N) is 1. The first-order valence-electron chi connectivity index (χ1n) is 5.62. The van der Waals surface area contributed by atoms with Crippen LogP contribution >= 0.6 is 0 Å². The van der Waals surface area contributed by atoms with Crippen molar-refractivity contribution in [2.75, 3.05) is 26.3 Å². The Morgan fingerprint density at radius 2 is 1.64 bits per heavy atom. The standard InChI is InChI=1S/C11H25FN2/c1-10(2)14(11(3)4)9-8-13-7-5-6-12/h10-11,13H,5-9H2,1-4H3. The molecule has 0 atom stereocenters. The summed E-state index contributed by atoms with van der Waals surface area (Å²) in [6.45, 7) is 11.4. The van der Waals surface area contributed by atoms with Gasteiger partial charge in [0.05, 0.1) is 6.67 Å². The zero-order chi connectivity index (χ0) is 11.0. The van der Waals surface area contributed by atoms with Crippen LogP contribution in [0.5, 0.6) is 0 Å². The van der Waals surface area contributed by atoms with Crippen LogP contribution in [-0.2, 0) is 0 Å². The van der Waals surface area contributed by atoms with Crippen molar-refractivity contribution >= 4 is 0 Å². The molecule has 0 aliphatic rings. The molecule has 0 rings (SSSR count). The summed E-state index contributed by atoms with van der Waals surface area (Å²) in [6.07, 6.45) is 0.628. The Kier molecular flexibility index (Phi) is 8.09. The van der Waals surface area contributed by atoms with Gasteiger partial charge in [-0.1, -0.05) is 0 Å². The SMILES string of the molecule is CC(C)N(CCNCCCF)C(C)C. The summed E-state index contributed by atoms with van der Waals surface area (Å²) in [5.74, 6) is 0. The summed E-state index contributed by atoms with van der Waals surface area (Å²) in [6, 6.07) is 1.16. The number of nitrogens with one attached hydrogen (secondary N) is 1. The molecule has 0 aromatic heterocycles. The molecule has 14 heavy (non-hydrogen) atoms. The highest BCUT2D eigenvalue weighted by Gasteiger charge is 2.11. The van der Waals surface area contributed by atoms with Crippen LogP contribution in [0.15, 0.2) is 0 Å². The third-order valence-electron chi connectivity index (χ3n) is 2.36. The molecular weight excluding hydrogens is 179 g/mol. The summed E-state index contributed by atoms with van der Waals surface area (Å²) < 4.78 is 11.8. The third kappa shape index (κ3) is 6.33. The van der Waals surface area contributed by atoms with E-state index < -0.39 is 0 Å². The van der Waals surface area contributed by atoms with E-state index in [2.05, 4.69) is 37.9 Å². The molecule has 0 aliphatic heterocycles. The van der Waals surface area contributed by atoms with Gasteiger partial charge in [-0.3, -0.25) is 9.29 Å². The molecule has 2 nitrogen and oxygen atoms in total. The molecule has 0 spiro atoms. The Morgan fingerprint density at radius 1 is 1.07 bits per heavy atom. The lowest BCUT2D eigenvalue weighted by Gasteiger charge is -2.30. The maximum absolute atomic E-state index is 11.8. The van der Waals surface area contributed by atoms with Gasteiger partial charge in [-0.15, -0.1) is 0 Å². The molecule has 0 aliphatic carbocycles. The highest BCUT2D eigenvalue weighted by Crippen LogP contribution is 2.02. The van der Waals surface area contributed by atoms with Crippen molar-refractivity contribution in [3.8, 4) is 0 Å². The lowest BCUT2D eigenvalue weighted by molar-refractivity contribution is 0.176. The van der Waals surface area contributed by atoms with Gasteiger partial charge in [-0.2, -0.15) is 0 Å². The first kappa shape index (κ1) is 13.8. The quantitative estimate of drug-likeness (QED) is 0.609. The normalized spacial score (nSPS) is 12.0. The second-order valence-electron chi connectivity index (χ2n) is 4.22. The summed E-state index contributed by atoms with van der Waals surface area (Å²) in [4.78, 5) is 2.43. The molecular formula is C11H25FN2. The van der Waals surface area contributed by atoms with E-state index >= 15 is 0 Å². The molecule has 0 saturated carbocycles. The van der Waals surface area contributed by atoms with E-state index in [0.717, 1.165) is 19.6 Å². The van der Waals surface area contributed by atoms with E-state index in [1.54, 1.807) is 0 Å². The molecule has 86 valence electrons. The van der Waals surface area contributed by atoms with Crippen molar-refractivity contribution in [2.24, 2.45) is 0 Å². The molecule has 0 aromatic carbocycles. The fraction of sp³-hybridized carbons (Fsp3) is 1.00. The molecule has 0 radical (unpaired) electrons. The predicted octanol–water partition coefficient (Wildman–Crippen LogP) is 2.05. The summed E-state index contributed by atoms with van der Waals surface area (Å²) in [5.41, 5.74) is 0. The Balaban J connectivity index is 3.52. The van der Waals surface area contributed by atoms with Crippen LogP contribution in [0.1, 0.15) is 34.1 Å². The van der Waals surface area contributed by atoms with E-state index in [1.165, 1.54) is 0 Å². The monoisotopic (exact) mass is 204 g/mol. The minimum atomic E-state index is -0.217. The van der Waals surface area contributed by atoms with Crippen LogP contribution in [0.3, 0.4) is 0 Å². The second kappa shape index (κ2) is 8.18. The average molecular weight is 204 g/mol. The van der Waals surface area contributed by atoms with Crippen LogP contribution in [0, 0.1) is 0 Å². The molecule has 1 N–H and O–H groups in total. The van der Waals surface area contributed by atoms with Gasteiger partial charge in [0.25, 0.3) is 0 Å². The van der Waals surface area contributed by atoms with E-state index in [4.69, 9.17) is 0 Å². The molecule has 3 heteroatoms. The minimum Gasteiger partial charge on any atom is -0.315 e. The molecule has 0 unspecified atom stereocenters. The first-order valence-corrected chi connectivity index (χ1v) is 5.62. The number of halogens is 1. The van der Waals surface area contributed by atoms with Crippen molar-refractivity contribution in [1.29, 1.82) is 0 Å². The summed E-state index contributed by atoms with van der Waals surface area (Å²) >= 11 is 0. The largest absolute Gasteiger partial charge is 0.315 e. The fourth-order valence-electron chi connectivity index (χ4n) is 1.64. The van der Waals surface area contributed by atoms with Gasteiger partial charge >= 0.3 is 0 Å². The molecule has 0 aromatic rings. The minimum absolute atomic E-state index is 0.217. The Labute approximate surface area is 87.9 Å². The smallest absolute Gasteiger partial charge is 0.0906 e. The van der Waals surface area contributed by atoms with Gasteiger partial charge in [0.15, 0.2) is 0 Å². The lowest BCUT2D eigenvalue weighted by atomic mass is 10.2. The maximum Gasteiger partial charge on any atom is 0.0906 e. The summed E-state index contributed by atoms with van der Waals surface area (Å²) in [5, 5.41) is 3.24. The van der Waals surface area contributed by atoms with Crippen molar-refractivity contribution in [2.45, 2.75) is 46.2 Å². The fourth-order valence-corrected chi connectivity index (χ4v) is 1.64. The topological polar surface area (TPSA) is 15.3 Å². The van der Waals surface area contributed by atoms with Gasteiger partial charge in [0, 0.05) is 25.2 Å². The van der Waals surface area contributed by atoms with Gasteiger partial charge < -0.3 is 5.32 Å². The van der Waals surface area contributed by atoms with Gasteiger partial charge in [-0.05, 0) is 40.7 Å². The van der Waals surface area contributed by atoms with E-state index in [1.807, 2.05) is 0 Å². The number of alkyl halides is 1. The predicted molar refractivity (Wildman–Crippen MR) is 60.4 cm³/mol. The Hall–Kier alpha value is -0.150. The molecule has 0 bridgehead atoms. The van der Waals surface area contributed by atoms with Crippen molar-refractivity contribution in [3.63, 3.8) is 0 Å². The van der Waals surface area contributed by atoms with E-state index in [0.29, 0.717) is 18.5 Å². The Morgan fingerprint density at radius 3 is 2.07 bits per heavy atom. The van der Waals surface area contributed by atoms with Crippen molar-refractivity contribution < 1.29 is 4.39 Å². The molecule has 0 saturated heterocycles. The zero-order valence-corrected chi connectivity index (χ0v) is 10.0. The second-order valence-corrected chi connectivity index (χ2v) is 4.22. The highest BCUT2D eigenvalue weighted by molar-refractivity contribution is 4.68. The van der Waals surface area contributed by atoms with Crippen molar-refractivity contribution in [3.05, 3.63) is 0 Å².